The lowest BCUT2D eigenvalue weighted by molar-refractivity contribution is -0.142. The first-order valence-corrected chi connectivity index (χ1v) is 10.6. The maximum atomic E-state index is 13.1. The molecule has 142 valence electrons. The van der Waals surface area contributed by atoms with Crippen LogP contribution in [-0.2, 0) is 26.2 Å². The molecule has 2 heterocycles. The summed E-state index contributed by atoms with van der Waals surface area (Å²) >= 11 is 0. The Bertz CT molecular complexity index is 781. The van der Waals surface area contributed by atoms with Crippen LogP contribution in [-0.4, -0.2) is 49.4 Å². The first kappa shape index (κ1) is 18.8. The second-order valence-electron chi connectivity index (χ2n) is 6.97. The van der Waals surface area contributed by atoms with Crippen LogP contribution in [0.25, 0.3) is 0 Å². The van der Waals surface area contributed by atoms with Crippen molar-refractivity contribution in [3.8, 4) is 0 Å². The summed E-state index contributed by atoms with van der Waals surface area (Å²) in [5, 5.41) is 5.86. The molecule has 2 N–H and O–H groups in total. The van der Waals surface area contributed by atoms with Crippen molar-refractivity contribution in [1.82, 2.24) is 14.9 Å². The van der Waals surface area contributed by atoms with Gasteiger partial charge in [-0.15, -0.1) is 0 Å². The van der Waals surface area contributed by atoms with E-state index in [4.69, 9.17) is 0 Å². The molecule has 0 aliphatic carbocycles. The van der Waals surface area contributed by atoms with Crippen LogP contribution >= 0.6 is 0 Å². The number of carbonyl (C=O) groups is 2. The van der Waals surface area contributed by atoms with Gasteiger partial charge in [-0.2, -0.15) is 0 Å². The van der Waals surface area contributed by atoms with Gasteiger partial charge in [-0.1, -0.05) is 30.3 Å². The molecule has 0 radical (unpaired) electrons. The van der Waals surface area contributed by atoms with E-state index in [9.17, 15) is 18.0 Å². The molecule has 2 atom stereocenters. The molecule has 26 heavy (non-hydrogen) atoms. The van der Waals surface area contributed by atoms with E-state index < -0.39 is 15.4 Å². The zero-order valence-electron chi connectivity index (χ0n) is 14.9. The third-order valence-electron chi connectivity index (χ3n) is 5.43. The van der Waals surface area contributed by atoms with Gasteiger partial charge in [-0.25, -0.2) is 12.7 Å². The highest BCUT2D eigenvalue weighted by Gasteiger charge is 2.53. The van der Waals surface area contributed by atoms with E-state index in [0.29, 0.717) is 25.9 Å². The molecule has 7 nitrogen and oxygen atoms in total. The first-order valence-electron chi connectivity index (χ1n) is 8.97. The number of amides is 2. The van der Waals surface area contributed by atoms with E-state index in [2.05, 4.69) is 10.6 Å². The summed E-state index contributed by atoms with van der Waals surface area (Å²) in [4.78, 5) is 24.9. The number of nitrogens with one attached hydrogen (secondary N) is 2. The van der Waals surface area contributed by atoms with Crippen molar-refractivity contribution in [2.75, 3.05) is 18.8 Å². The third-order valence-corrected chi connectivity index (χ3v) is 7.26. The molecular formula is C18H25N3O4S. The average molecular weight is 379 g/mol. The van der Waals surface area contributed by atoms with E-state index in [-0.39, 0.29) is 36.6 Å². The molecule has 0 spiro atoms. The number of sulfonamides is 1. The van der Waals surface area contributed by atoms with Crippen LogP contribution in [0.3, 0.4) is 0 Å². The quantitative estimate of drug-likeness (QED) is 0.784. The second-order valence-corrected chi connectivity index (χ2v) is 9.22. The molecule has 2 aliphatic heterocycles. The van der Waals surface area contributed by atoms with Crippen LogP contribution in [0, 0.1) is 5.41 Å². The molecule has 2 aliphatic rings. The van der Waals surface area contributed by atoms with Gasteiger partial charge in [0.05, 0.1) is 11.2 Å². The molecule has 2 fully saturated rings. The van der Waals surface area contributed by atoms with Crippen molar-refractivity contribution in [1.29, 1.82) is 0 Å². The normalized spacial score (nSPS) is 26.7. The molecule has 3 rings (SSSR count). The van der Waals surface area contributed by atoms with E-state index in [0.717, 1.165) is 5.56 Å². The number of hydrogen-bond donors (Lipinski definition) is 2. The minimum atomic E-state index is -3.38. The van der Waals surface area contributed by atoms with Crippen LogP contribution in [0.5, 0.6) is 0 Å². The highest BCUT2D eigenvalue weighted by molar-refractivity contribution is 7.89. The number of piperidine rings is 2. The highest BCUT2D eigenvalue weighted by Crippen LogP contribution is 2.39. The fraction of sp³-hybridized carbons (Fsp3) is 0.556. The Kier molecular flexibility index (Phi) is 5.34. The second kappa shape index (κ2) is 7.36. The third kappa shape index (κ3) is 3.61. The summed E-state index contributed by atoms with van der Waals surface area (Å²) in [5.41, 5.74) is 0.0610. The van der Waals surface area contributed by atoms with Crippen molar-refractivity contribution >= 4 is 21.8 Å². The fourth-order valence-electron chi connectivity index (χ4n) is 3.84. The van der Waals surface area contributed by atoms with Gasteiger partial charge in [0.2, 0.25) is 21.8 Å². The number of hydrogen-bond acceptors (Lipinski definition) is 4. The van der Waals surface area contributed by atoms with Crippen molar-refractivity contribution in [3.63, 3.8) is 0 Å². The SMILES string of the molecule is CCS(=O)(=O)N1CC[C@H]2NC(=O)CC[C@]2(C(=O)NCc2ccccc2)C1. The Morgan fingerprint density at radius 1 is 1.35 bits per heavy atom. The summed E-state index contributed by atoms with van der Waals surface area (Å²) in [7, 11) is -3.38. The van der Waals surface area contributed by atoms with Crippen molar-refractivity contribution < 1.29 is 18.0 Å². The topological polar surface area (TPSA) is 95.6 Å². The standard InChI is InChI=1S/C18H25N3O4S/c1-2-26(24,25)21-11-9-15-18(13-21,10-8-16(22)20-15)17(23)19-12-14-6-4-3-5-7-14/h3-7,15H,2,8-13H2,1H3,(H,19,23)(H,20,22)/t15-,18+/m1/s1. The van der Waals surface area contributed by atoms with Gasteiger partial charge in [0, 0.05) is 32.1 Å². The molecular weight excluding hydrogens is 354 g/mol. The van der Waals surface area contributed by atoms with Crippen molar-refractivity contribution in [2.24, 2.45) is 5.41 Å². The largest absolute Gasteiger partial charge is 0.352 e. The predicted octanol–water partition coefficient (Wildman–Crippen LogP) is 0.623. The molecule has 0 bridgehead atoms. The van der Waals surface area contributed by atoms with E-state index in [1.807, 2.05) is 30.3 Å². The molecule has 0 saturated carbocycles. The Hall–Kier alpha value is -1.93. The number of fused-ring (bicyclic) bond motifs is 1. The summed E-state index contributed by atoms with van der Waals surface area (Å²) in [5.74, 6) is -0.262. The van der Waals surface area contributed by atoms with Gasteiger partial charge in [0.1, 0.15) is 0 Å². The summed E-state index contributed by atoms with van der Waals surface area (Å²) in [6, 6.07) is 9.23. The maximum absolute atomic E-state index is 13.1. The monoisotopic (exact) mass is 379 g/mol. The summed E-state index contributed by atoms with van der Waals surface area (Å²) < 4.78 is 26.1. The van der Waals surface area contributed by atoms with Gasteiger partial charge >= 0.3 is 0 Å². The Morgan fingerprint density at radius 3 is 2.77 bits per heavy atom. The van der Waals surface area contributed by atoms with Crippen LogP contribution in [0.1, 0.15) is 31.7 Å². The van der Waals surface area contributed by atoms with Gasteiger partial charge in [-0.3, -0.25) is 9.59 Å². The molecule has 2 saturated heterocycles. The Balaban J connectivity index is 1.82. The molecule has 0 aromatic heterocycles. The maximum Gasteiger partial charge on any atom is 0.229 e. The molecule has 2 amide bonds. The van der Waals surface area contributed by atoms with Gasteiger partial charge in [-0.05, 0) is 25.3 Å². The molecule has 0 unspecified atom stereocenters. The van der Waals surface area contributed by atoms with E-state index in [1.54, 1.807) is 6.92 Å². The molecule has 1 aromatic carbocycles. The molecule has 1 aromatic rings. The van der Waals surface area contributed by atoms with Gasteiger partial charge in [0.25, 0.3) is 0 Å². The average Bonchev–Trinajstić information content (AvgIpc) is 2.66. The van der Waals surface area contributed by atoms with Crippen LogP contribution in [0.4, 0.5) is 0 Å². The predicted molar refractivity (Wildman–Crippen MR) is 97.5 cm³/mol. The number of nitrogens with zero attached hydrogens (tertiary/aromatic N) is 1. The Labute approximate surface area is 154 Å². The number of rotatable bonds is 5. The van der Waals surface area contributed by atoms with Crippen LogP contribution in [0.15, 0.2) is 30.3 Å². The minimum Gasteiger partial charge on any atom is -0.352 e. The zero-order valence-corrected chi connectivity index (χ0v) is 15.7. The van der Waals surface area contributed by atoms with Gasteiger partial charge in [0.15, 0.2) is 0 Å². The number of benzene rings is 1. The van der Waals surface area contributed by atoms with Crippen LogP contribution < -0.4 is 10.6 Å². The smallest absolute Gasteiger partial charge is 0.229 e. The summed E-state index contributed by atoms with van der Waals surface area (Å²) in [6.07, 6.45) is 1.04. The Morgan fingerprint density at radius 2 is 2.08 bits per heavy atom. The first-order chi connectivity index (χ1) is 12.4. The lowest BCUT2D eigenvalue weighted by Crippen LogP contribution is -2.66. The zero-order chi connectivity index (χ0) is 18.8. The highest BCUT2D eigenvalue weighted by atomic mass is 32.2. The molecule has 8 heteroatoms. The van der Waals surface area contributed by atoms with Crippen molar-refractivity contribution in [3.05, 3.63) is 35.9 Å². The van der Waals surface area contributed by atoms with Gasteiger partial charge < -0.3 is 10.6 Å². The lowest BCUT2D eigenvalue weighted by atomic mass is 9.70. The lowest BCUT2D eigenvalue weighted by Gasteiger charge is -2.49. The van der Waals surface area contributed by atoms with Crippen LogP contribution in [0.2, 0.25) is 0 Å². The fourth-order valence-corrected chi connectivity index (χ4v) is 5.01. The summed E-state index contributed by atoms with van der Waals surface area (Å²) in [6.45, 7) is 2.43. The van der Waals surface area contributed by atoms with E-state index in [1.165, 1.54) is 4.31 Å². The minimum absolute atomic E-state index is 0.00569. The van der Waals surface area contributed by atoms with E-state index >= 15 is 0 Å². The number of carbonyl (C=O) groups excluding carboxylic acids is 2. The van der Waals surface area contributed by atoms with Crippen molar-refractivity contribution in [2.45, 2.75) is 38.8 Å².